The molecule has 140 valence electrons. The summed E-state index contributed by atoms with van der Waals surface area (Å²) in [6.45, 7) is 0.982. The van der Waals surface area contributed by atoms with E-state index in [1.807, 2.05) is 0 Å². The summed E-state index contributed by atoms with van der Waals surface area (Å²) >= 11 is 5.91. The highest BCUT2D eigenvalue weighted by molar-refractivity contribution is 6.32. The molecule has 9 nitrogen and oxygen atoms in total. The molecule has 0 saturated heterocycles. The van der Waals surface area contributed by atoms with E-state index in [-0.39, 0.29) is 40.3 Å². The van der Waals surface area contributed by atoms with Crippen molar-refractivity contribution >= 4 is 34.7 Å². The van der Waals surface area contributed by atoms with Gasteiger partial charge in [-0.25, -0.2) is 0 Å². The Labute approximate surface area is 157 Å². The number of carbonyl (C=O) groups excluding carboxylic acids is 2. The summed E-state index contributed by atoms with van der Waals surface area (Å²) in [5.74, 6) is 0.144. The third kappa shape index (κ3) is 4.09. The van der Waals surface area contributed by atoms with Crippen LogP contribution in [0, 0.1) is 10.1 Å². The molecule has 10 heteroatoms. The summed E-state index contributed by atoms with van der Waals surface area (Å²) in [7, 11) is 0. The smallest absolute Gasteiger partial charge is 0.271 e. The van der Waals surface area contributed by atoms with Gasteiger partial charge in [0, 0.05) is 23.8 Å². The van der Waals surface area contributed by atoms with Gasteiger partial charge in [-0.2, -0.15) is 0 Å². The minimum absolute atomic E-state index is 0.00417. The molecular formula is C17H13ClN2O7. The standard InChI is InChI=1S/C17H13ClN2O7/c1-9(21)11-5-15-16(27-8-26-15)6-13(11)19-17(22)7-25-14-3-2-10(20(23)24)4-12(14)18/h2-6H,7-8H2,1H3,(H,19,22). The highest BCUT2D eigenvalue weighted by Gasteiger charge is 2.20. The van der Waals surface area contributed by atoms with Crippen LogP contribution in [0.5, 0.6) is 17.2 Å². The number of halogens is 1. The van der Waals surface area contributed by atoms with Crippen molar-refractivity contribution in [2.24, 2.45) is 0 Å². The molecule has 0 atom stereocenters. The van der Waals surface area contributed by atoms with Gasteiger partial charge >= 0.3 is 0 Å². The Kier molecular flexibility index (Phi) is 5.13. The maximum absolute atomic E-state index is 12.2. The Balaban J connectivity index is 1.70. The first-order valence-electron chi connectivity index (χ1n) is 7.66. The zero-order valence-corrected chi connectivity index (χ0v) is 14.7. The number of nitro groups is 1. The largest absolute Gasteiger partial charge is 0.482 e. The van der Waals surface area contributed by atoms with Gasteiger partial charge in [-0.05, 0) is 19.1 Å². The van der Waals surface area contributed by atoms with Crippen molar-refractivity contribution in [2.75, 3.05) is 18.7 Å². The predicted octanol–water partition coefficient (Wildman–Crippen LogP) is 3.20. The van der Waals surface area contributed by atoms with Crippen molar-refractivity contribution in [2.45, 2.75) is 6.92 Å². The van der Waals surface area contributed by atoms with Crippen LogP contribution in [0.15, 0.2) is 30.3 Å². The summed E-state index contributed by atoms with van der Waals surface area (Å²) in [6.07, 6.45) is 0. The summed E-state index contributed by atoms with van der Waals surface area (Å²) in [5, 5.41) is 13.3. The van der Waals surface area contributed by atoms with Gasteiger partial charge in [0.2, 0.25) is 6.79 Å². The van der Waals surface area contributed by atoms with Gasteiger partial charge in [-0.3, -0.25) is 19.7 Å². The number of nitrogens with one attached hydrogen (secondary N) is 1. The summed E-state index contributed by atoms with van der Waals surface area (Å²) in [5.41, 5.74) is 0.333. The highest BCUT2D eigenvalue weighted by Crippen LogP contribution is 2.37. The van der Waals surface area contributed by atoms with E-state index in [4.69, 9.17) is 25.8 Å². The van der Waals surface area contributed by atoms with Crippen molar-refractivity contribution in [1.82, 2.24) is 0 Å². The normalized spacial score (nSPS) is 11.8. The van der Waals surface area contributed by atoms with Crippen LogP contribution in [0.4, 0.5) is 11.4 Å². The van der Waals surface area contributed by atoms with Crippen LogP contribution < -0.4 is 19.5 Å². The molecule has 1 amide bonds. The molecule has 0 spiro atoms. The molecule has 0 aromatic heterocycles. The summed E-state index contributed by atoms with van der Waals surface area (Å²) < 4.78 is 15.8. The molecule has 0 bridgehead atoms. The number of nitro benzene ring substituents is 1. The fourth-order valence-electron chi connectivity index (χ4n) is 2.39. The van der Waals surface area contributed by atoms with Crippen molar-refractivity contribution in [3.8, 4) is 17.2 Å². The van der Waals surface area contributed by atoms with E-state index in [1.54, 1.807) is 0 Å². The molecule has 1 N–H and O–H groups in total. The Morgan fingerprint density at radius 1 is 1.26 bits per heavy atom. The van der Waals surface area contributed by atoms with Crippen LogP contribution in [0.1, 0.15) is 17.3 Å². The average Bonchev–Trinajstić information content (AvgIpc) is 3.07. The van der Waals surface area contributed by atoms with Crippen molar-refractivity contribution < 1.29 is 28.7 Å². The van der Waals surface area contributed by atoms with Gasteiger partial charge in [0.05, 0.1) is 15.6 Å². The molecule has 1 aliphatic heterocycles. The SMILES string of the molecule is CC(=O)c1cc2c(cc1NC(=O)COc1ccc([N+](=O)[O-])cc1Cl)OCO2. The van der Waals surface area contributed by atoms with Crippen LogP contribution in [0.25, 0.3) is 0 Å². The molecule has 1 aliphatic rings. The van der Waals surface area contributed by atoms with Crippen LogP contribution >= 0.6 is 11.6 Å². The average molecular weight is 393 g/mol. The lowest BCUT2D eigenvalue weighted by atomic mass is 10.1. The number of anilines is 1. The fraction of sp³-hybridized carbons (Fsp3) is 0.176. The molecule has 0 radical (unpaired) electrons. The number of rotatable bonds is 6. The van der Waals surface area contributed by atoms with Gasteiger partial charge in [0.15, 0.2) is 23.9 Å². The molecule has 0 fully saturated rings. The van der Waals surface area contributed by atoms with Gasteiger partial charge in [0.25, 0.3) is 11.6 Å². The van der Waals surface area contributed by atoms with Crippen molar-refractivity contribution in [3.63, 3.8) is 0 Å². The molecule has 2 aromatic rings. The maximum Gasteiger partial charge on any atom is 0.271 e. The van der Waals surface area contributed by atoms with E-state index in [0.29, 0.717) is 11.5 Å². The molecule has 1 heterocycles. The lowest BCUT2D eigenvalue weighted by molar-refractivity contribution is -0.384. The van der Waals surface area contributed by atoms with E-state index in [1.165, 1.54) is 31.2 Å². The van der Waals surface area contributed by atoms with Gasteiger partial charge in [-0.15, -0.1) is 0 Å². The Morgan fingerprint density at radius 2 is 1.96 bits per heavy atom. The van der Waals surface area contributed by atoms with Gasteiger partial charge < -0.3 is 19.5 Å². The first kappa shape index (κ1) is 18.5. The van der Waals surface area contributed by atoms with E-state index in [0.717, 1.165) is 6.07 Å². The van der Waals surface area contributed by atoms with Crippen molar-refractivity contribution in [1.29, 1.82) is 0 Å². The number of hydrogen-bond acceptors (Lipinski definition) is 7. The first-order valence-corrected chi connectivity index (χ1v) is 8.04. The minimum atomic E-state index is -0.592. The second-order valence-electron chi connectivity index (χ2n) is 5.52. The number of carbonyl (C=O) groups is 2. The number of non-ortho nitro benzene ring substituents is 1. The number of ketones is 1. The number of benzene rings is 2. The number of fused-ring (bicyclic) bond motifs is 1. The van der Waals surface area contributed by atoms with Crippen LogP contribution in [0.3, 0.4) is 0 Å². The van der Waals surface area contributed by atoms with Crippen LogP contribution in [-0.2, 0) is 4.79 Å². The zero-order valence-electron chi connectivity index (χ0n) is 14.0. The number of amides is 1. The summed E-state index contributed by atoms with van der Waals surface area (Å²) in [4.78, 5) is 34.1. The number of ether oxygens (including phenoxy) is 3. The molecule has 3 rings (SSSR count). The van der Waals surface area contributed by atoms with Gasteiger partial charge in [-0.1, -0.05) is 11.6 Å². The number of Topliss-reactive ketones (excluding diaryl/α,β-unsaturated/α-hetero) is 1. The maximum atomic E-state index is 12.2. The zero-order chi connectivity index (χ0) is 19.6. The summed E-state index contributed by atoms with van der Waals surface area (Å²) in [6, 6.07) is 6.63. The molecule has 27 heavy (non-hydrogen) atoms. The predicted molar refractivity (Wildman–Crippen MR) is 94.8 cm³/mol. The molecule has 0 unspecified atom stereocenters. The fourth-order valence-corrected chi connectivity index (χ4v) is 2.62. The van der Waals surface area contributed by atoms with Crippen LogP contribution in [0.2, 0.25) is 5.02 Å². The molecule has 0 aliphatic carbocycles. The monoisotopic (exact) mass is 392 g/mol. The van der Waals surface area contributed by atoms with E-state index >= 15 is 0 Å². The van der Waals surface area contributed by atoms with E-state index < -0.39 is 17.4 Å². The minimum Gasteiger partial charge on any atom is -0.482 e. The highest BCUT2D eigenvalue weighted by atomic mass is 35.5. The van der Waals surface area contributed by atoms with Crippen molar-refractivity contribution in [3.05, 3.63) is 51.0 Å². The second-order valence-corrected chi connectivity index (χ2v) is 5.92. The number of nitrogens with zero attached hydrogens (tertiary/aromatic N) is 1. The van der Waals surface area contributed by atoms with Gasteiger partial charge in [0.1, 0.15) is 5.75 Å². The third-order valence-corrected chi connectivity index (χ3v) is 3.95. The molecule has 2 aromatic carbocycles. The Hall–Kier alpha value is -3.33. The van der Waals surface area contributed by atoms with E-state index in [9.17, 15) is 19.7 Å². The van der Waals surface area contributed by atoms with E-state index in [2.05, 4.69) is 5.32 Å². The lowest BCUT2D eigenvalue weighted by Crippen LogP contribution is -2.21. The first-order chi connectivity index (χ1) is 12.8. The second kappa shape index (κ2) is 7.50. The molecule has 0 saturated carbocycles. The van der Waals surface area contributed by atoms with Crippen LogP contribution in [-0.4, -0.2) is 30.0 Å². The number of hydrogen-bond donors (Lipinski definition) is 1. The Morgan fingerprint density at radius 3 is 2.59 bits per heavy atom. The topological polar surface area (TPSA) is 117 Å². The third-order valence-electron chi connectivity index (χ3n) is 3.65. The quantitative estimate of drug-likeness (QED) is 0.455. The Bertz CT molecular complexity index is 945. The molecular weight excluding hydrogens is 380 g/mol. The lowest BCUT2D eigenvalue weighted by Gasteiger charge is -2.12.